The van der Waals surface area contributed by atoms with Crippen molar-refractivity contribution < 1.29 is 13.9 Å². The molecule has 0 spiro atoms. The zero-order valence-corrected chi connectivity index (χ0v) is 18.4. The molecule has 2 aromatic rings. The molecule has 2 heterocycles. The molecule has 28 heavy (non-hydrogen) atoms. The third-order valence-electron chi connectivity index (χ3n) is 4.77. The van der Waals surface area contributed by atoms with Gasteiger partial charge in [-0.1, -0.05) is 36.7 Å². The molecule has 0 unspecified atom stereocenters. The van der Waals surface area contributed by atoms with Crippen LogP contribution >= 0.6 is 15.9 Å². The van der Waals surface area contributed by atoms with Gasteiger partial charge in [0, 0.05) is 36.1 Å². The summed E-state index contributed by atoms with van der Waals surface area (Å²) in [5, 5.41) is 0. The first-order valence-corrected chi connectivity index (χ1v) is 10.4. The number of benzene rings is 1. The normalized spacial score (nSPS) is 16.1. The van der Waals surface area contributed by atoms with Gasteiger partial charge in [0.05, 0.1) is 12.7 Å². The van der Waals surface area contributed by atoms with E-state index >= 15 is 0 Å². The lowest BCUT2D eigenvalue weighted by Crippen LogP contribution is -2.38. The summed E-state index contributed by atoms with van der Waals surface area (Å²) in [6.45, 7) is 10.2. The Morgan fingerprint density at radius 1 is 1.18 bits per heavy atom. The van der Waals surface area contributed by atoms with Crippen LogP contribution in [0.3, 0.4) is 0 Å². The van der Waals surface area contributed by atoms with Crippen molar-refractivity contribution in [1.29, 1.82) is 0 Å². The smallest absolute Gasteiger partial charge is 0.260 e. The van der Waals surface area contributed by atoms with E-state index in [-0.39, 0.29) is 17.9 Å². The molecule has 6 nitrogen and oxygen atoms in total. The molecule has 152 valence electrons. The minimum Gasteiger partial charge on any atom is -0.484 e. The third kappa shape index (κ3) is 5.82. The van der Waals surface area contributed by atoms with E-state index in [1.54, 1.807) is 0 Å². The number of hydrogen-bond acceptors (Lipinski definition) is 5. The monoisotopic (exact) mass is 449 g/mol. The van der Waals surface area contributed by atoms with Gasteiger partial charge in [-0.3, -0.25) is 9.69 Å². The second-order valence-corrected chi connectivity index (χ2v) is 9.04. The van der Waals surface area contributed by atoms with Crippen LogP contribution in [0.2, 0.25) is 0 Å². The summed E-state index contributed by atoms with van der Waals surface area (Å²) in [6, 6.07) is 7.50. The molecule has 0 saturated carbocycles. The Balaban J connectivity index is 1.48. The molecule has 1 fully saturated rings. The van der Waals surface area contributed by atoms with Crippen molar-refractivity contribution >= 4 is 21.8 Å². The van der Waals surface area contributed by atoms with E-state index in [0.29, 0.717) is 18.8 Å². The van der Waals surface area contributed by atoms with Gasteiger partial charge in [-0.2, -0.15) is 0 Å². The van der Waals surface area contributed by atoms with Gasteiger partial charge in [0.1, 0.15) is 11.5 Å². The molecule has 3 rings (SSSR count). The minimum absolute atomic E-state index is 0.0240. The lowest BCUT2D eigenvalue weighted by atomic mass is 9.94. The Kier molecular flexibility index (Phi) is 6.78. The molecule has 0 atom stereocenters. The van der Waals surface area contributed by atoms with Crippen LogP contribution in [0, 0.1) is 0 Å². The van der Waals surface area contributed by atoms with Crippen LogP contribution in [0.4, 0.5) is 0 Å². The van der Waals surface area contributed by atoms with E-state index in [9.17, 15) is 4.79 Å². The van der Waals surface area contributed by atoms with Gasteiger partial charge in [0.15, 0.2) is 6.61 Å². The molecule has 1 aromatic heterocycles. The Morgan fingerprint density at radius 3 is 2.61 bits per heavy atom. The second-order valence-electron chi connectivity index (χ2n) is 8.12. The molecule has 1 amide bonds. The maximum atomic E-state index is 12.5. The SMILES string of the molecule is CC(C)(C)c1cnc(CN2CCCN(C(=O)COc3ccc(Br)cc3)CC2)o1. The van der Waals surface area contributed by atoms with E-state index in [0.717, 1.165) is 42.2 Å². The number of carbonyl (C=O) groups excluding carboxylic acids is 1. The molecule has 1 aliphatic rings. The van der Waals surface area contributed by atoms with Crippen LogP contribution in [0.1, 0.15) is 38.8 Å². The van der Waals surface area contributed by atoms with E-state index in [4.69, 9.17) is 9.15 Å². The Morgan fingerprint density at radius 2 is 1.93 bits per heavy atom. The van der Waals surface area contributed by atoms with Crippen molar-refractivity contribution in [2.45, 2.75) is 39.2 Å². The molecule has 7 heteroatoms. The van der Waals surface area contributed by atoms with Crippen molar-refractivity contribution in [2.24, 2.45) is 0 Å². The largest absolute Gasteiger partial charge is 0.484 e. The molecule has 1 aromatic carbocycles. The maximum absolute atomic E-state index is 12.5. The minimum atomic E-state index is -0.0396. The highest BCUT2D eigenvalue weighted by atomic mass is 79.9. The predicted octanol–water partition coefficient (Wildman–Crippen LogP) is 3.85. The summed E-state index contributed by atoms with van der Waals surface area (Å²) in [5.41, 5.74) is -0.0396. The number of ether oxygens (including phenoxy) is 1. The number of nitrogens with zero attached hydrogens (tertiary/aromatic N) is 3. The fraction of sp³-hybridized carbons (Fsp3) is 0.524. The molecular weight excluding hydrogens is 422 g/mol. The molecule has 0 bridgehead atoms. The summed E-state index contributed by atoms with van der Waals surface area (Å²) in [5.74, 6) is 2.37. The summed E-state index contributed by atoms with van der Waals surface area (Å²) < 4.78 is 12.5. The Hall–Kier alpha value is -1.86. The summed E-state index contributed by atoms with van der Waals surface area (Å²) in [7, 11) is 0. The number of hydrogen-bond donors (Lipinski definition) is 0. The van der Waals surface area contributed by atoms with E-state index < -0.39 is 0 Å². The van der Waals surface area contributed by atoms with Crippen molar-refractivity contribution in [2.75, 3.05) is 32.8 Å². The zero-order valence-electron chi connectivity index (χ0n) is 16.8. The van der Waals surface area contributed by atoms with Crippen molar-refractivity contribution in [1.82, 2.24) is 14.8 Å². The van der Waals surface area contributed by atoms with E-state index in [1.165, 1.54) is 0 Å². The van der Waals surface area contributed by atoms with Gasteiger partial charge >= 0.3 is 0 Å². The first-order valence-electron chi connectivity index (χ1n) is 9.65. The van der Waals surface area contributed by atoms with Crippen LogP contribution in [-0.2, 0) is 16.8 Å². The van der Waals surface area contributed by atoms with Gasteiger partial charge in [-0.25, -0.2) is 4.98 Å². The first kappa shape index (κ1) is 20.9. The maximum Gasteiger partial charge on any atom is 0.260 e. The quantitative estimate of drug-likeness (QED) is 0.693. The Labute approximate surface area is 175 Å². The molecule has 1 aliphatic heterocycles. The zero-order chi connectivity index (χ0) is 20.1. The van der Waals surface area contributed by atoms with Crippen LogP contribution in [0.5, 0.6) is 5.75 Å². The van der Waals surface area contributed by atoms with Crippen molar-refractivity contribution in [3.05, 3.63) is 46.6 Å². The van der Waals surface area contributed by atoms with E-state index in [2.05, 4.69) is 46.6 Å². The molecule has 0 aliphatic carbocycles. The van der Waals surface area contributed by atoms with Crippen LogP contribution in [0.15, 0.2) is 39.4 Å². The summed E-state index contributed by atoms with van der Waals surface area (Å²) in [6.07, 6.45) is 2.75. The summed E-state index contributed by atoms with van der Waals surface area (Å²) >= 11 is 3.39. The number of amides is 1. The number of aromatic nitrogens is 1. The van der Waals surface area contributed by atoms with Crippen LogP contribution in [-0.4, -0.2) is 53.5 Å². The topological polar surface area (TPSA) is 58.8 Å². The fourth-order valence-corrected chi connectivity index (χ4v) is 3.33. The average Bonchev–Trinajstić information content (AvgIpc) is 3.00. The van der Waals surface area contributed by atoms with Gasteiger partial charge in [-0.15, -0.1) is 0 Å². The fourth-order valence-electron chi connectivity index (χ4n) is 3.07. The van der Waals surface area contributed by atoms with Gasteiger partial charge in [0.2, 0.25) is 5.89 Å². The highest BCUT2D eigenvalue weighted by Crippen LogP contribution is 2.23. The van der Waals surface area contributed by atoms with Gasteiger partial charge in [-0.05, 0) is 30.7 Å². The molecule has 0 radical (unpaired) electrons. The molecule has 1 saturated heterocycles. The molecular formula is C21H28BrN3O3. The second kappa shape index (κ2) is 9.09. The highest BCUT2D eigenvalue weighted by molar-refractivity contribution is 9.10. The molecule has 0 N–H and O–H groups in total. The van der Waals surface area contributed by atoms with Crippen molar-refractivity contribution in [3.8, 4) is 5.75 Å². The standard InChI is InChI=1S/C21H28BrN3O3/c1-21(2,3)18-13-23-19(28-18)14-24-9-4-10-25(12-11-24)20(26)15-27-17-7-5-16(22)6-8-17/h5-8,13H,4,9-12,14-15H2,1-3H3. The number of carbonyl (C=O) groups is 1. The number of rotatable bonds is 5. The first-order chi connectivity index (χ1) is 13.3. The van der Waals surface area contributed by atoms with Crippen molar-refractivity contribution in [3.63, 3.8) is 0 Å². The van der Waals surface area contributed by atoms with Gasteiger partial charge < -0.3 is 14.1 Å². The lowest BCUT2D eigenvalue weighted by Gasteiger charge is -2.21. The summed E-state index contributed by atoms with van der Waals surface area (Å²) in [4.78, 5) is 21.1. The predicted molar refractivity (Wildman–Crippen MR) is 111 cm³/mol. The van der Waals surface area contributed by atoms with Gasteiger partial charge in [0.25, 0.3) is 5.91 Å². The number of halogens is 1. The highest BCUT2D eigenvalue weighted by Gasteiger charge is 2.23. The number of oxazole rings is 1. The Bertz CT molecular complexity index is 783. The lowest BCUT2D eigenvalue weighted by molar-refractivity contribution is -0.133. The van der Waals surface area contributed by atoms with E-state index in [1.807, 2.05) is 35.4 Å². The van der Waals surface area contributed by atoms with Crippen LogP contribution in [0.25, 0.3) is 0 Å². The van der Waals surface area contributed by atoms with Crippen LogP contribution < -0.4 is 4.74 Å². The third-order valence-corrected chi connectivity index (χ3v) is 5.30. The average molecular weight is 450 g/mol.